The van der Waals surface area contributed by atoms with E-state index in [1.54, 1.807) is 18.2 Å². The molecular weight excluding hydrogens is 225 g/mol. The SMILES string of the molecule is O=C1NC(c2cc(Cl)cc(Cl)c2)CO1. The zero-order chi connectivity index (χ0) is 10.1. The number of alkyl carbamates (subject to hydrolysis) is 1. The highest BCUT2D eigenvalue weighted by molar-refractivity contribution is 6.34. The Morgan fingerprint density at radius 1 is 1.29 bits per heavy atom. The molecule has 2 rings (SSSR count). The van der Waals surface area contributed by atoms with E-state index >= 15 is 0 Å². The molecule has 1 amide bonds. The van der Waals surface area contributed by atoms with Gasteiger partial charge in [-0.25, -0.2) is 4.79 Å². The Hall–Kier alpha value is -0.930. The lowest BCUT2D eigenvalue weighted by Crippen LogP contribution is -2.18. The standard InChI is InChI=1S/C9H7Cl2NO2/c10-6-1-5(2-7(11)3-6)8-4-14-9(13)12-8/h1-3,8H,4H2,(H,12,13). The summed E-state index contributed by atoms with van der Waals surface area (Å²) in [6.07, 6.45) is -0.411. The van der Waals surface area contributed by atoms with Crippen molar-refractivity contribution in [1.82, 2.24) is 5.32 Å². The van der Waals surface area contributed by atoms with Gasteiger partial charge < -0.3 is 10.1 Å². The van der Waals surface area contributed by atoms with Crippen LogP contribution in [0.1, 0.15) is 11.6 Å². The first-order valence-corrected chi connectivity index (χ1v) is 4.80. The fourth-order valence-corrected chi connectivity index (χ4v) is 1.88. The molecule has 1 N–H and O–H groups in total. The maximum Gasteiger partial charge on any atom is 0.407 e. The van der Waals surface area contributed by atoms with E-state index in [0.29, 0.717) is 16.7 Å². The smallest absolute Gasteiger partial charge is 0.407 e. The summed E-state index contributed by atoms with van der Waals surface area (Å²) in [4.78, 5) is 10.8. The van der Waals surface area contributed by atoms with Crippen molar-refractivity contribution in [2.24, 2.45) is 0 Å². The summed E-state index contributed by atoms with van der Waals surface area (Å²) >= 11 is 11.7. The Morgan fingerprint density at radius 2 is 1.93 bits per heavy atom. The highest BCUT2D eigenvalue weighted by Gasteiger charge is 2.24. The molecule has 1 saturated heterocycles. The first-order chi connectivity index (χ1) is 6.65. The molecule has 1 aliphatic heterocycles. The topological polar surface area (TPSA) is 38.3 Å². The third-order valence-electron chi connectivity index (χ3n) is 1.96. The third-order valence-corrected chi connectivity index (χ3v) is 2.40. The fraction of sp³-hybridized carbons (Fsp3) is 0.222. The van der Waals surface area contributed by atoms with Gasteiger partial charge in [-0.1, -0.05) is 23.2 Å². The molecule has 0 bridgehead atoms. The van der Waals surface area contributed by atoms with Crippen LogP contribution in [0.5, 0.6) is 0 Å². The second-order valence-electron chi connectivity index (χ2n) is 3.00. The van der Waals surface area contributed by atoms with Gasteiger partial charge in [-0.15, -0.1) is 0 Å². The average Bonchev–Trinajstić information content (AvgIpc) is 2.50. The van der Waals surface area contributed by atoms with Gasteiger partial charge in [0.15, 0.2) is 0 Å². The number of carbonyl (C=O) groups excluding carboxylic acids is 1. The van der Waals surface area contributed by atoms with Crippen molar-refractivity contribution in [2.75, 3.05) is 6.61 Å². The summed E-state index contributed by atoms with van der Waals surface area (Å²) in [5.74, 6) is 0. The molecule has 1 heterocycles. The molecule has 5 heteroatoms. The van der Waals surface area contributed by atoms with Crippen molar-refractivity contribution in [3.63, 3.8) is 0 Å². The fourth-order valence-electron chi connectivity index (χ4n) is 1.34. The molecule has 1 fully saturated rings. The summed E-state index contributed by atoms with van der Waals surface area (Å²) in [6, 6.07) is 5.00. The lowest BCUT2D eigenvalue weighted by Gasteiger charge is -2.08. The monoisotopic (exact) mass is 231 g/mol. The normalized spacial score (nSPS) is 20.4. The molecule has 1 aromatic rings. The molecule has 0 spiro atoms. The third kappa shape index (κ3) is 1.94. The number of carbonyl (C=O) groups is 1. The molecule has 74 valence electrons. The molecule has 3 nitrogen and oxygen atoms in total. The number of halogens is 2. The van der Waals surface area contributed by atoms with Gasteiger partial charge in [0.2, 0.25) is 0 Å². The number of cyclic esters (lactones) is 1. The van der Waals surface area contributed by atoms with Crippen LogP contribution in [0.2, 0.25) is 10.0 Å². The summed E-state index contributed by atoms with van der Waals surface area (Å²) < 4.78 is 4.76. The van der Waals surface area contributed by atoms with Crippen molar-refractivity contribution < 1.29 is 9.53 Å². The molecule has 14 heavy (non-hydrogen) atoms. The molecule has 0 aromatic heterocycles. The summed E-state index contributed by atoms with van der Waals surface area (Å²) in [6.45, 7) is 0.315. The van der Waals surface area contributed by atoms with Crippen LogP contribution in [0.15, 0.2) is 18.2 Å². The molecular formula is C9H7Cl2NO2. The minimum atomic E-state index is -0.411. The number of ether oxygens (including phenoxy) is 1. The lowest BCUT2D eigenvalue weighted by atomic mass is 10.1. The molecule has 1 aliphatic rings. The lowest BCUT2D eigenvalue weighted by molar-refractivity contribution is 0.177. The summed E-state index contributed by atoms with van der Waals surface area (Å²) in [7, 11) is 0. The maximum atomic E-state index is 10.8. The van der Waals surface area contributed by atoms with Crippen LogP contribution in [-0.2, 0) is 4.74 Å². The molecule has 0 saturated carbocycles. The van der Waals surface area contributed by atoms with E-state index < -0.39 is 6.09 Å². The Kier molecular flexibility index (Phi) is 2.52. The van der Waals surface area contributed by atoms with Crippen molar-refractivity contribution in [1.29, 1.82) is 0 Å². The van der Waals surface area contributed by atoms with E-state index in [0.717, 1.165) is 5.56 Å². The molecule has 1 atom stereocenters. The summed E-state index contributed by atoms with van der Waals surface area (Å²) in [5, 5.41) is 3.75. The van der Waals surface area contributed by atoms with Crippen LogP contribution in [0.3, 0.4) is 0 Å². The Balaban J connectivity index is 2.27. The Bertz CT molecular complexity index is 361. The maximum absolute atomic E-state index is 10.8. The van der Waals surface area contributed by atoms with Crippen LogP contribution in [0.25, 0.3) is 0 Å². The molecule has 0 radical (unpaired) electrons. The van der Waals surface area contributed by atoms with Gasteiger partial charge in [0.25, 0.3) is 0 Å². The van der Waals surface area contributed by atoms with Crippen LogP contribution in [0, 0.1) is 0 Å². The van der Waals surface area contributed by atoms with Crippen molar-refractivity contribution in [3.8, 4) is 0 Å². The Labute approximate surface area is 91.0 Å². The van der Waals surface area contributed by atoms with Gasteiger partial charge in [-0.2, -0.15) is 0 Å². The average molecular weight is 232 g/mol. The largest absolute Gasteiger partial charge is 0.447 e. The first-order valence-electron chi connectivity index (χ1n) is 4.04. The van der Waals surface area contributed by atoms with Crippen LogP contribution in [0.4, 0.5) is 4.79 Å². The van der Waals surface area contributed by atoms with Gasteiger partial charge >= 0.3 is 6.09 Å². The number of benzene rings is 1. The predicted octanol–water partition coefficient (Wildman–Crippen LogP) is 2.77. The van der Waals surface area contributed by atoms with E-state index in [2.05, 4.69) is 5.32 Å². The van der Waals surface area contributed by atoms with E-state index in [1.807, 2.05) is 0 Å². The second kappa shape index (κ2) is 3.67. The van der Waals surface area contributed by atoms with Gasteiger partial charge in [0, 0.05) is 10.0 Å². The number of hydrogen-bond donors (Lipinski definition) is 1. The van der Waals surface area contributed by atoms with Gasteiger partial charge in [-0.05, 0) is 23.8 Å². The van der Waals surface area contributed by atoms with Gasteiger partial charge in [0.1, 0.15) is 6.61 Å². The van der Waals surface area contributed by atoms with Gasteiger partial charge in [-0.3, -0.25) is 0 Å². The molecule has 1 aromatic carbocycles. The highest BCUT2D eigenvalue weighted by Crippen LogP contribution is 2.25. The number of nitrogens with one attached hydrogen (secondary N) is 1. The first kappa shape index (κ1) is 9.62. The van der Waals surface area contributed by atoms with E-state index in [-0.39, 0.29) is 6.04 Å². The Morgan fingerprint density at radius 3 is 2.43 bits per heavy atom. The minimum Gasteiger partial charge on any atom is -0.447 e. The molecule has 0 aliphatic carbocycles. The quantitative estimate of drug-likeness (QED) is 0.808. The zero-order valence-corrected chi connectivity index (χ0v) is 8.60. The summed E-state index contributed by atoms with van der Waals surface area (Å²) in [5.41, 5.74) is 0.855. The van der Waals surface area contributed by atoms with Crippen molar-refractivity contribution in [2.45, 2.75) is 6.04 Å². The van der Waals surface area contributed by atoms with E-state index in [1.165, 1.54) is 0 Å². The van der Waals surface area contributed by atoms with E-state index in [9.17, 15) is 4.79 Å². The second-order valence-corrected chi connectivity index (χ2v) is 3.87. The van der Waals surface area contributed by atoms with E-state index in [4.69, 9.17) is 27.9 Å². The number of hydrogen-bond acceptors (Lipinski definition) is 2. The zero-order valence-electron chi connectivity index (χ0n) is 7.09. The molecule has 1 unspecified atom stereocenters. The van der Waals surface area contributed by atoms with Crippen LogP contribution >= 0.6 is 23.2 Å². The number of rotatable bonds is 1. The predicted molar refractivity (Wildman–Crippen MR) is 53.7 cm³/mol. The van der Waals surface area contributed by atoms with Gasteiger partial charge in [0.05, 0.1) is 6.04 Å². The van der Waals surface area contributed by atoms with Crippen molar-refractivity contribution in [3.05, 3.63) is 33.8 Å². The minimum absolute atomic E-state index is 0.154. The van der Waals surface area contributed by atoms with Crippen molar-refractivity contribution >= 4 is 29.3 Å². The van der Waals surface area contributed by atoms with Crippen LogP contribution in [-0.4, -0.2) is 12.7 Å². The van der Waals surface area contributed by atoms with Crippen LogP contribution < -0.4 is 5.32 Å². The number of amides is 1. The highest BCUT2D eigenvalue weighted by atomic mass is 35.5.